The summed E-state index contributed by atoms with van der Waals surface area (Å²) in [6.45, 7) is 3.91. The van der Waals surface area contributed by atoms with Gasteiger partial charge in [0.1, 0.15) is 5.82 Å². The normalized spacial score (nSPS) is 15.2. The number of amides is 1. The van der Waals surface area contributed by atoms with E-state index in [0.717, 1.165) is 31.0 Å². The van der Waals surface area contributed by atoms with Crippen LogP contribution in [0.3, 0.4) is 0 Å². The van der Waals surface area contributed by atoms with Crippen LogP contribution in [0.15, 0.2) is 36.7 Å². The number of H-pyrrole nitrogens is 1. The second-order valence-electron chi connectivity index (χ2n) is 5.29. The number of likely N-dealkylation sites (tertiary alicyclic amines) is 1. The molecule has 0 spiro atoms. The lowest BCUT2D eigenvalue weighted by Gasteiger charge is -2.15. The van der Waals surface area contributed by atoms with Crippen LogP contribution >= 0.6 is 0 Å². The highest BCUT2D eigenvalue weighted by Gasteiger charge is 2.15. The molecule has 1 fully saturated rings. The van der Waals surface area contributed by atoms with E-state index in [0.29, 0.717) is 12.1 Å². The van der Waals surface area contributed by atoms with Gasteiger partial charge >= 0.3 is 0 Å². The summed E-state index contributed by atoms with van der Waals surface area (Å²) < 4.78 is 0. The van der Waals surface area contributed by atoms with Gasteiger partial charge in [-0.1, -0.05) is 18.2 Å². The minimum Gasteiger partial charge on any atom is -0.351 e. The standard InChI is InChI=1S/C16H20N4O/c21-16(19-9-12-20-10-3-4-11-20)14-6-2-1-5-13(14)15-17-7-8-18-15/h1-2,5-8H,3-4,9-12H2,(H,17,18)(H,19,21). The van der Waals surface area contributed by atoms with Gasteiger partial charge in [-0.05, 0) is 32.0 Å². The molecule has 0 aliphatic carbocycles. The molecule has 1 aliphatic rings. The molecule has 3 rings (SSSR count). The molecule has 2 aromatic rings. The van der Waals surface area contributed by atoms with Gasteiger partial charge < -0.3 is 15.2 Å². The number of hydrogen-bond acceptors (Lipinski definition) is 3. The van der Waals surface area contributed by atoms with Gasteiger partial charge in [-0.2, -0.15) is 0 Å². The minimum atomic E-state index is -0.0406. The van der Waals surface area contributed by atoms with Crippen molar-refractivity contribution in [3.8, 4) is 11.4 Å². The van der Waals surface area contributed by atoms with Crippen molar-refractivity contribution in [3.63, 3.8) is 0 Å². The van der Waals surface area contributed by atoms with Gasteiger partial charge in [-0.25, -0.2) is 4.98 Å². The molecule has 0 saturated carbocycles. The number of aromatic amines is 1. The van der Waals surface area contributed by atoms with Crippen molar-refractivity contribution in [2.75, 3.05) is 26.2 Å². The summed E-state index contributed by atoms with van der Waals surface area (Å²) >= 11 is 0. The van der Waals surface area contributed by atoms with Crippen LogP contribution in [0, 0.1) is 0 Å². The van der Waals surface area contributed by atoms with Crippen LogP contribution in [0.2, 0.25) is 0 Å². The SMILES string of the molecule is O=C(NCCN1CCCC1)c1ccccc1-c1ncc[nH]1. The fourth-order valence-electron chi connectivity index (χ4n) is 2.73. The third-order valence-electron chi connectivity index (χ3n) is 3.84. The first kappa shape index (κ1) is 13.8. The van der Waals surface area contributed by atoms with E-state index in [1.54, 1.807) is 12.4 Å². The fourth-order valence-corrected chi connectivity index (χ4v) is 2.73. The van der Waals surface area contributed by atoms with Crippen molar-refractivity contribution < 1.29 is 4.79 Å². The third kappa shape index (κ3) is 3.31. The molecular weight excluding hydrogens is 264 g/mol. The van der Waals surface area contributed by atoms with Gasteiger partial charge in [0, 0.05) is 31.0 Å². The Labute approximate surface area is 124 Å². The quantitative estimate of drug-likeness (QED) is 0.881. The predicted octanol–water partition coefficient (Wildman–Crippen LogP) is 1.90. The van der Waals surface area contributed by atoms with Crippen LogP contribution in [-0.4, -0.2) is 47.0 Å². The van der Waals surface area contributed by atoms with E-state index in [9.17, 15) is 4.79 Å². The van der Waals surface area contributed by atoms with Crippen molar-refractivity contribution in [2.45, 2.75) is 12.8 Å². The largest absolute Gasteiger partial charge is 0.351 e. The zero-order valence-electron chi connectivity index (χ0n) is 12.0. The summed E-state index contributed by atoms with van der Waals surface area (Å²) in [6.07, 6.45) is 6.00. The van der Waals surface area contributed by atoms with E-state index in [1.807, 2.05) is 24.3 Å². The molecule has 1 aromatic carbocycles. The van der Waals surface area contributed by atoms with Crippen molar-refractivity contribution >= 4 is 5.91 Å². The lowest BCUT2D eigenvalue weighted by Crippen LogP contribution is -2.33. The Morgan fingerprint density at radius 2 is 2.10 bits per heavy atom. The van der Waals surface area contributed by atoms with E-state index in [-0.39, 0.29) is 5.91 Å². The Hall–Kier alpha value is -2.14. The molecule has 0 radical (unpaired) electrons. The lowest BCUT2D eigenvalue weighted by atomic mass is 10.1. The van der Waals surface area contributed by atoms with Gasteiger partial charge in [-0.3, -0.25) is 4.79 Å². The number of nitrogens with zero attached hydrogens (tertiary/aromatic N) is 2. The molecule has 21 heavy (non-hydrogen) atoms. The van der Waals surface area contributed by atoms with Crippen LogP contribution in [0.4, 0.5) is 0 Å². The summed E-state index contributed by atoms with van der Waals surface area (Å²) in [5, 5.41) is 3.01. The molecule has 5 nitrogen and oxygen atoms in total. The van der Waals surface area contributed by atoms with E-state index in [2.05, 4.69) is 20.2 Å². The highest BCUT2D eigenvalue weighted by atomic mass is 16.1. The summed E-state index contributed by atoms with van der Waals surface area (Å²) in [6, 6.07) is 7.54. The third-order valence-corrected chi connectivity index (χ3v) is 3.84. The topological polar surface area (TPSA) is 61.0 Å². The fraction of sp³-hybridized carbons (Fsp3) is 0.375. The molecule has 1 saturated heterocycles. The molecule has 2 heterocycles. The molecule has 1 aromatic heterocycles. The monoisotopic (exact) mass is 284 g/mol. The number of benzene rings is 1. The molecule has 2 N–H and O–H groups in total. The summed E-state index contributed by atoms with van der Waals surface area (Å²) in [5.74, 6) is 0.682. The molecule has 1 amide bonds. The first-order valence-corrected chi connectivity index (χ1v) is 7.44. The molecule has 0 bridgehead atoms. The maximum absolute atomic E-state index is 12.4. The van der Waals surface area contributed by atoms with E-state index >= 15 is 0 Å². The smallest absolute Gasteiger partial charge is 0.252 e. The zero-order chi connectivity index (χ0) is 14.5. The number of aromatic nitrogens is 2. The second-order valence-corrected chi connectivity index (χ2v) is 5.29. The van der Waals surface area contributed by atoms with Crippen LogP contribution < -0.4 is 5.32 Å². The van der Waals surface area contributed by atoms with Gasteiger partial charge in [0.05, 0.1) is 5.56 Å². The number of rotatable bonds is 5. The second kappa shape index (κ2) is 6.54. The van der Waals surface area contributed by atoms with Gasteiger partial charge in [0.15, 0.2) is 0 Å². The average Bonchev–Trinajstić information content (AvgIpc) is 3.20. The number of carbonyl (C=O) groups is 1. The van der Waals surface area contributed by atoms with Crippen LogP contribution in [0.5, 0.6) is 0 Å². The first-order chi connectivity index (χ1) is 10.3. The predicted molar refractivity (Wildman–Crippen MR) is 82.0 cm³/mol. The molecule has 1 aliphatic heterocycles. The minimum absolute atomic E-state index is 0.0406. The Morgan fingerprint density at radius 1 is 1.29 bits per heavy atom. The summed E-state index contributed by atoms with van der Waals surface area (Å²) in [7, 11) is 0. The van der Waals surface area contributed by atoms with Crippen molar-refractivity contribution in [3.05, 3.63) is 42.2 Å². The molecule has 110 valence electrons. The summed E-state index contributed by atoms with van der Waals surface area (Å²) in [4.78, 5) is 22.0. The lowest BCUT2D eigenvalue weighted by molar-refractivity contribution is 0.0950. The van der Waals surface area contributed by atoms with Gasteiger partial charge in [0.25, 0.3) is 5.91 Å². The van der Waals surface area contributed by atoms with Crippen molar-refractivity contribution in [1.29, 1.82) is 0 Å². The number of imidazole rings is 1. The Bertz CT molecular complexity index is 588. The molecule has 5 heteroatoms. The van der Waals surface area contributed by atoms with Gasteiger partial charge in [-0.15, -0.1) is 0 Å². The number of carbonyl (C=O) groups excluding carboxylic acids is 1. The van der Waals surface area contributed by atoms with Crippen LogP contribution in [0.25, 0.3) is 11.4 Å². The van der Waals surface area contributed by atoms with E-state index in [1.165, 1.54) is 12.8 Å². The zero-order valence-corrected chi connectivity index (χ0v) is 12.0. The Balaban J connectivity index is 1.64. The highest BCUT2D eigenvalue weighted by Crippen LogP contribution is 2.19. The number of nitrogens with one attached hydrogen (secondary N) is 2. The molecule has 0 unspecified atom stereocenters. The van der Waals surface area contributed by atoms with Crippen molar-refractivity contribution in [1.82, 2.24) is 20.2 Å². The van der Waals surface area contributed by atoms with Gasteiger partial charge in [0.2, 0.25) is 0 Å². The van der Waals surface area contributed by atoms with E-state index in [4.69, 9.17) is 0 Å². The van der Waals surface area contributed by atoms with E-state index < -0.39 is 0 Å². The average molecular weight is 284 g/mol. The first-order valence-electron chi connectivity index (χ1n) is 7.44. The molecule has 0 atom stereocenters. The highest BCUT2D eigenvalue weighted by molar-refractivity contribution is 6.00. The van der Waals surface area contributed by atoms with Crippen LogP contribution in [-0.2, 0) is 0 Å². The maximum atomic E-state index is 12.4. The Morgan fingerprint density at radius 3 is 2.86 bits per heavy atom. The molecular formula is C16H20N4O. The van der Waals surface area contributed by atoms with Crippen molar-refractivity contribution in [2.24, 2.45) is 0 Å². The van der Waals surface area contributed by atoms with Crippen LogP contribution in [0.1, 0.15) is 23.2 Å². The number of hydrogen-bond donors (Lipinski definition) is 2. The Kier molecular flexibility index (Phi) is 4.31. The summed E-state index contributed by atoms with van der Waals surface area (Å²) in [5.41, 5.74) is 1.50. The maximum Gasteiger partial charge on any atom is 0.252 e.